The Morgan fingerprint density at radius 1 is 0.720 bits per heavy atom. The minimum Gasteiger partial charge on any atom is -0.342 e. The third-order valence-electron chi connectivity index (χ3n) is 6.65. The molecule has 3 rings (SSSR count). The minimum absolute atomic E-state index is 0.151. The summed E-state index contributed by atoms with van der Waals surface area (Å²) >= 11 is 0. The molecule has 1 aliphatic carbocycles. The molecule has 5 heteroatoms. The van der Waals surface area contributed by atoms with Gasteiger partial charge in [0.2, 0.25) is 11.8 Å². The number of nitrogens with zero attached hydrogens (tertiary/aromatic N) is 3. The van der Waals surface area contributed by atoms with Gasteiger partial charge < -0.3 is 14.7 Å². The molecule has 0 aromatic rings. The van der Waals surface area contributed by atoms with Gasteiger partial charge in [0.1, 0.15) is 0 Å². The van der Waals surface area contributed by atoms with Crippen molar-refractivity contribution in [3.05, 3.63) is 0 Å². The fourth-order valence-corrected chi connectivity index (χ4v) is 4.62. The van der Waals surface area contributed by atoms with Gasteiger partial charge in [-0.1, -0.05) is 13.8 Å². The van der Waals surface area contributed by atoms with Crippen LogP contribution in [0.1, 0.15) is 52.4 Å². The molecular formula is C20H35N3O2. The Hall–Kier alpha value is -1.10. The predicted octanol–water partition coefficient (Wildman–Crippen LogP) is 2.22. The summed E-state index contributed by atoms with van der Waals surface area (Å²) in [6.07, 6.45) is 5.88. The maximum Gasteiger partial charge on any atom is 0.225 e. The molecule has 1 saturated carbocycles. The van der Waals surface area contributed by atoms with Crippen molar-refractivity contribution in [3.8, 4) is 0 Å². The van der Waals surface area contributed by atoms with Crippen molar-refractivity contribution in [2.75, 3.05) is 45.8 Å². The van der Waals surface area contributed by atoms with E-state index in [9.17, 15) is 9.59 Å². The van der Waals surface area contributed by atoms with E-state index in [4.69, 9.17) is 0 Å². The molecule has 0 spiro atoms. The molecular weight excluding hydrogens is 314 g/mol. The van der Waals surface area contributed by atoms with Gasteiger partial charge in [0, 0.05) is 51.1 Å². The molecule has 2 saturated heterocycles. The summed E-state index contributed by atoms with van der Waals surface area (Å²) in [6.45, 7) is 11.1. The number of carbonyl (C=O) groups is 2. The quantitative estimate of drug-likeness (QED) is 0.785. The SMILES string of the molecule is CCN1CCN(C(=O)C2CCC(C(=O)N3CCC(C)CC3)CC2)CC1. The fourth-order valence-electron chi connectivity index (χ4n) is 4.62. The highest BCUT2D eigenvalue weighted by Crippen LogP contribution is 2.32. The van der Waals surface area contributed by atoms with Crippen molar-refractivity contribution < 1.29 is 9.59 Å². The van der Waals surface area contributed by atoms with Gasteiger partial charge in [-0.25, -0.2) is 0 Å². The zero-order chi connectivity index (χ0) is 17.8. The number of hydrogen-bond donors (Lipinski definition) is 0. The van der Waals surface area contributed by atoms with Crippen molar-refractivity contribution in [3.63, 3.8) is 0 Å². The third kappa shape index (κ3) is 4.55. The second-order valence-corrected chi connectivity index (χ2v) is 8.32. The molecule has 2 aliphatic heterocycles. The molecule has 2 amide bonds. The Labute approximate surface area is 152 Å². The maximum atomic E-state index is 12.8. The summed E-state index contributed by atoms with van der Waals surface area (Å²) < 4.78 is 0. The predicted molar refractivity (Wildman–Crippen MR) is 99.1 cm³/mol. The van der Waals surface area contributed by atoms with Crippen LogP contribution in [0.25, 0.3) is 0 Å². The first-order chi connectivity index (χ1) is 12.1. The number of piperidine rings is 1. The van der Waals surface area contributed by atoms with Crippen LogP contribution in [0, 0.1) is 17.8 Å². The van der Waals surface area contributed by atoms with Crippen LogP contribution in [0.3, 0.4) is 0 Å². The molecule has 3 fully saturated rings. The van der Waals surface area contributed by atoms with E-state index >= 15 is 0 Å². The summed E-state index contributed by atoms with van der Waals surface area (Å²) in [6, 6.07) is 0. The number of amides is 2. The van der Waals surface area contributed by atoms with Crippen molar-refractivity contribution in [1.29, 1.82) is 0 Å². The Morgan fingerprint density at radius 2 is 1.16 bits per heavy atom. The minimum atomic E-state index is 0.151. The highest BCUT2D eigenvalue weighted by molar-refractivity contribution is 5.81. The van der Waals surface area contributed by atoms with E-state index in [1.807, 2.05) is 0 Å². The lowest BCUT2D eigenvalue weighted by atomic mass is 9.80. The fraction of sp³-hybridized carbons (Fsp3) is 0.900. The first-order valence-corrected chi connectivity index (χ1v) is 10.4. The summed E-state index contributed by atoms with van der Waals surface area (Å²) in [5.41, 5.74) is 0. The zero-order valence-corrected chi connectivity index (χ0v) is 16.1. The number of rotatable bonds is 3. The highest BCUT2D eigenvalue weighted by Gasteiger charge is 2.35. The Kier molecular flexibility index (Phi) is 6.37. The molecule has 5 nitrogen and oxygen atoms in total. The molecule has 0 aromatic carbocycles. The van der Waals surface area contributed by atoms with Crippen molar-refractivity contribution in [2.24, 2.45) is 17.8 Å². The third-order valence-corrected chi connectivity index (χ3v) is 6.65. The number of piperazine rings is 1. The molecule has 0 radical (unpaired) electrons. The Bertz CT molecular complexity index is 458. The van der Waals surface area contributed by atoms with E-state index < -0.39 is 0 Å². The normalized spacial score (nSPS) is 29.7. The van der Waals surface area contributed by atoms with Crippen LogP contribution in [0.2, 0.25) is 0 Å². The largest absolute Gasteiger partial charge is 0.342 e. The smallest absolute Gasteiger partial charge is 0.225 e. The van der Waals surface area contributed by atoms with Crippen LogP contribution in [0.15, 0.2) is 0 Å². The van der Waals surface area contributed by atoms with E-state index in [-0.39, 0.29) is 11.8 Å². The molecule has 0 N–H and O–H groups in total. The van der Waals surface area contributed by atoms with E-state index in [1.54, 1.807) is 0 Å². The molecule has 3 aliphatic rings. The van der Waals surface area contributed by atoms with Crippen LogP contribution in [0.4, 0.5) is 0 Å². The van der Waals surface area contributed by atoms with Gasteiger partial charge in [0.15, 0.2) is 0 Å². The molecule has 25 heavy (non-hydrogen) atoms. The van der Waals surface area contributed by atoms with Gasteiger partial charge in [-0.2, -0.15) is 0 Å². The van der Waals surface area contributed by atoms with Gasteiger partial charge in [0.25, 0.3) is 0 Å². The van der Waals surface area contributed by atoms with Crippen LogP contribution in [-0.4, -0.2) is 72.3 Å². The maximum absolute atomic E-state index is 12.8. The monoisotopic (exact) mass is 349 g/mol. The number of likely N-dealkylation sites (tertiary alicyclic amines) is 1. The van der Waals surface area contributed by atoms with Crippen molar-refractivity contribution in [2.45, 2.75) is 52.4 Å². The zero-order valence-electron chi connectivity index (χ0n) is 16.1. The lowest BCUT2D eigenvalue weighted by molar-refractivity contribution is -0.143. The first-order valence-electron chi connectivity index (χ1n) is 10.4. The lowest BCUT2D eigenvalue weighted by Gasteiger charge is -2.38. The van der Waals surface area contributed by atoms with Crippen molar-refractivity contribution in [1.82, 2.24) is 14.7 Å². The van der Waals surface area contributed by atoms with Gasteiger partial charge in [-0.3, -0.25) is 9.59 Å². The van der Waals surface area contributed by atoms with Crippen LogP contribution in [-0.2, 0) is 9.59 Å². The molecule has 142 valence electrons. The van der Waals surface area contributed by atoms with Crippen molar-refractivity contribution >= 4 is 11.8 Å². The first kappa shape index (κ1) is 18.7. The van der Waals surface area contributed by atoms with Crippen LogP contribution >= 0.6 is 0 Å². The summed E-state index contributed by atoms with van der Waals surface area (Å²) in [4.78, 5) is 32.0. The second kappa shape index (κ2) is 8.52. The average molecular weight is 350 g/mol. The Morgan fingerprint density at radius 3 is 1.60 bits per heavy atom. The molecule has 0 atom stereocenters. The molecule has 0 aromatic heterocycles. The number of likely N-dealkylation sites (N-methyl/N-ethyl adjacent to an activating group) is 1. The topological polar surface area (TPSA) is 43.9 Å². The van der Waals surface area contributed by atoms with E-state index in [0.717, 1.165) is 90.3 Å². The number of hydrogen-bond acceptors (Lipinski definition) is 3. The van der Waals surface area contributed by atoms with Gasteiger partial charge >= 0.3 is 0 Å². The van der Waals surface area contributed by atoms with E-state index in [0.29, 0.717) is 11.8 Å². The molecule has 0 unspecified atom stereocenters. The van der Waals surface area contributed by atoms with Gasteiger partial charge in [0.05, 0.1) is 0 Å². The average Bonchev–Trinajstić information content (AvgIpc) is 2.67. The standard InChI is InChI=1S/C20H35N3O2/c1-3-21-12-14-23(15-13-21)20(25)18-6-4-17(5-7-18)19(24)22-10-8-16(2)9-11-22/h16-18H,3-15H2,1-2H3. The summed E-state index contributed by atoms with van der Waals surface area (Å²) in [5, 5.41) is 0. The Balaban J connectivity index is 1.44. The van der Waals surface area contributed by atoms with Gasteiger partial charge in [-0.05, 0) is 51.0 Å². The number of carbonyl (C=O) groups excluding carboxylic acids is 2. The second-order valence-electron chi connectivity index (χ2n) is 8.32. The van der Waals surface area contributed by atoms with Crippen LogP contribution in [0.5, 0.6) is 0 Å². The van der Waals surface area contributed by atoms with E-state index in [2.05, 4.69) is 28.5 Å². The molecule has 2 heterocycles. The lowest BCUT2D eigenvalue weighted by Crippen LogP contribution is -2.50. The van der Waals surface area contributed by atoms with E-state index in [1.165, 1.54) is 0 Å². The van der Waals surface area contributed by atoms with Crippen LogP contribution < -0.4 is 0 Å². The molecule has 0 bridgehead atoms. The summed E-state index contributed by atoms with van der Waals surface area (Å²) in [5.74, 6) is 1.77. The summed E-state index contributed by atoms with van der Waals surface area (Å²) in [7, 11) is 0. The highest BCUT2D eigenvalue weighted by atomic mass is 16.2. The van der Waals surface area contributed by atoms with Gasteiger partial charge in [-0.15, -0.1) is 0 Å².